The quantitative estimate of drug-likeness (QED) is 0.219. The fraction of sp³-hybridized carbons (Fsp3) is 0.524. The van der Waals surface area contributed by atoms with Gasteiger partial charge in [-0.2, -0.15) is 0 Å². The number of allylic oxidation sites excluding steroid dienone is 1. The molecule has 0 saturated carbocycles. The topological polar surface area (TPSA) is 52.6 Å². The molecule has 0 fully saturated rings. The molecule has 0 spiro atoms. The van der Waals surface area contributed by atoms with Crippen LogP contribution in [0.25, 0.3) is 0 Å². The molecule has 0 atom stereocenters. The van der Waals surface area contributed by atoms with Crippen molar-refractivity contribution in [3.8, 4) is 0 Å². The first-order chi connectivity index (χ1) is 12.2. The highest BCUT2D eigenvalue weighted by molar-refractivity contribution is 5.95. The Kier molecular flexibility index (Phi) is 11.1. The van der Waals surface area contributed by atoms with Gasteiger partial charge in [0.25, 0.3) is 0 Å². The zero-order valence-corrected chi connectivity index (χ0v) is 15.5. The molecule has 0 aliphatic heterocycles. The van der Waals surface area contributed by atoms with E-state index in [1.165, 1.54) is 32.1 Å². The third kappa shape index (κ3) is 9.08. The molecule has 0 bridgehead atoms. The number of carbonyl (C=O) groups is 2. The van der Waals surface area contributed by atoms with Gasteiger partial charge in [0.15, 0.2) is 0 Å². The predicted molar refractivity (Wildman–Crippen MR) is 99.2 cm³/mol. The minimum Gasteiger partial charge on any atom is -0.460 e. The molecule has 0 amide bonds. The highest BCUT2D eigenvalue weighted by Crippen LogP contribution is 2.12. The Labute approximate surface area is 151 Å². The number of unbranched alkanes of at least 4 members (excludes halogenated alkanes) is 7. The molecule has 0 aromatic heterocycles. The highest BCUT2D eigenvalue weighted by atomic mass is 16.6. The van der Waals surface area contributed by atoms with Crippen LogP contribution in [0.3, 0.4) is 0 Å². The second kappa shape index (κ2) is 13.2. The normalized spacial score (nSPS) is 11.2. The SMILES string of the molecule is CCCCCCCCC/C=C(/OC(=O)c1ccccc1)C(=O)OCC. The van der Waals surface area contributed by atoms with Gasteiger partial charge >= 0.3 is 11.9 Å². The zero-order chi connectivity index (χ0) is 18.3. The molecule has 1 rings (SSSR count). The number of hydrogen-bond donors (Lipinski definition) is 0. The average molecular weight is 346 g/mol. The van der Waals surface area contributed by atoms with E-state index in [-0.39, 0.29) is 12.4 Å². The van der Waals surface area contributed by atoms with Crippen LogP contribution in [0.4, 0.5) is 0 Å². The van der Waals surface area contributed by atoms with Gasteiger partial charge in [-0.1, -0.05) is 63.6 Å². The van der Waals surface area contributed by atoms with Crippen LogP contribution in [-0.2, 0) is 14.3 Å². The lowest BCUT2D eigenvalue weighted by atomic mass is 10.1. The van der Waals surface area contributed by atoms with Crippen molar-refractivity contribution < 1.29 is 19.1 Å². The number of hydrogen-bond acceptors (Lipinski definition) is 4. The van der Waals surface area contributed by atoms with Gasteiger partial charge < -0.3 is 9.47 Å². The summed E-state index contributed by atoms with van der Waals surface area (Å²) in [5.74, 6) is -1.14. The lowest BCUT2D eigenvalue weighted by Gasteiger charge is -2.08. The Balaban J connectivity index is 2.49. The van der Waals surface area contributed by atoms with Crippen molar-refractivity contribution in [2.24, 2.45) is 0 Å². The number of ether oxygens (including phenoxy) is 2. The van der Waals surface area contributed by atoms with Gasteiger partial charge in [0.2, 0.25) is 5.76 Å². The van der Waals surface area contributed by atoms with Crippen LogP contribution in [0.5, 0.6) is 0 Å². The Hall–Kier alpha value is -2.10. The van der Waals surface area contributed by atoms with Crippen LogP contribution in [0.15, 0.2) is 42.2 Å². The average Bonchev–Trinajstić information content (AvgIpc) is 2.63. The second-order valence-electron chi connectivity index (χ2n) is 5.95. The van der Waals surface area contributed by atoms with E-state index in [0.717, 1.165) is 12.8 Å². The first-order valence-electron chi connectivity index (χ1n) is 9.33. The van der Waals surface area contributed by atoms with E-state index < -0.39 is 11.9 Å². The molecular formula is C21H30O4. The third-order valence-electron chi connectivity index (χ3n) is 3.83. The Morgan fingerprint density at radius 1 is 0.920 bits per heavy atom. The van der Waals surface area contributed by atoms with Crippen LogP contribution < -0.4 is 0 Å². The number of esters is 2. The van der Waals surface area contributed by atoms with Crippen LogP contribution in [0.2, 0.25) is 0 Å². The first-order valence-corrected chi connectivity index (χ1v) is 9.33. The Morgan fingerprint density at radius 2 is 1.56 bits per heavy atom. The lowest BCUT2D eigenvalue weighted by molar-refractivity contribution is -0.141. The van der Waals surface area contributed by atoms with Gasteiger partial charge in [0, 0.05) is 0 Å². The smallest absolute Gasteiger partial charge is 0.374 e. The van der Waals surface area contributed by atoms with Crippen LogP contribution >= 0.6 is 0 Å². The van der Waals surface area contributed by atoms with E-state index in [4.69, 9.17) is 9.47 Å². The van der Waals surface area contributed by atoms with Crippen molar-refractivity contribution in [2.75, 3.05) is 6.61 Å². The van der Waals surface area contributed by atoms with Gasteiger partial charge in [-0.3, -0.25) is 0 Å². The molecule has 1 aromatic rings. The molecule has 0 aliphatic carbocycles. The van der Waals surface area contributed by atoms with Crippen molar-refractivity contribution in [3.05, 3.63) is 47.7 Å². The molecule has 0 unspecified atom stereocenters. The monoisotopic (exact) mass is 346 g/mol. The van der Waals surface area contributed by atoms with Crippen LogP contribution in [0, 0.1) is 0 Å². The predicted octanol–water partition coefficient (Wildman–Crippen LogP) is 5.43. The van der Waals surface area contributed by atoms with Crippen molar-refractivity contribution in [3.63, 3.8) is 0 Å². The first kappa shape index (κ1) is 20.9. The molecule has 138 valence electrons. The maximum atomic E-state index is 12.1. The molecule has 0 aliphatic rings. The molecule has 0 heterocycles. The standard InChI is InChI=1S/C21H30O4/c1-3-5-6-7-8-9-10-14-17-19(21(23)24-4-2)25-20(22)18-15-12-11-13-16-18/h11-13,15-17H,3-10,14H2,1-2H3/b19-17+. The van der Waals surface area contributed by atoms with Gasteiger partial charge in [0.05, 0.1) is 12.2 Å². The molecule has 4 heteroatoms. The Morgan fingerprint density at radius 3 is 2.20 bits per heavy atom. The number of carbonyl (C=O) groups excluding carboxylic acids is 2. The molecule has 1 aromatic carbocycles. The fourth-order valence-electron chi connectivity index (χ4n) is 2.44. The van der Waals surface area contributed by atoms with E-state index in [1.54, 1.807) is 37.3 Å². The van der Waals surface area contributed by atoms with Crippen LogP contribution in [-0.4, -0.2) is 18.5 Å². The van der Waals surface area contributed by atoms with E-state index in [2.05, 4.69) is 6.92 Å². The molecule has 0 radical (unpaired) electrons. The van der Waals surface area contributed by atoms with E-state index in [1.807, 2.05) is 6.07 Å². The summed E-state index contributed by atoms with van der Waals surface area (Å²) < 4.78 is 10.2. The van der Waals surface area contributed by atoms with E-state index in [9.17, 15) is 9.59 Å². The molecule has 4 nitrogen and oxygen atoms in total. The van der Waals surface area contributed by atoms with Gasteiger partial charge in [0.1, 0.15) is 0 Å². The van der Waals surface area contributed by atoms with E-state index in [0.29, 0.717) is 12.0 Å². The zero-order valence-electron chi connectivity index (χ0n) is 15.5. The van der Waals surface area contributed by atoms with E-state index >= 15 is 0 Å². The highest BCUT2D eigenvalue weighted by Gasteiger charge is 2.17. The lowest BCUT2D eigenvalue weighted by Crippen LogP contribution is -2.15. The minimum atomic E-state index is -0.588. The van der Waals surface area contributed by atoms with Gasteiger partial charge in [-0.15, -0.1) is 0 Å². The minimum absolute atomic E-state index is 0.0123. The maximum Gasteiger partial charge on any atom is 0.374 e. The second-order valence-corrected chi connectivity index (χ2v) is 5.95. The molecule has 0 saturated heterocycles. The maximum absolute atomic E-state index is 12.1. The Bertz CT molecular complexity index is 534. The molecule has 25 heavy (non-hydrogen) atoms. The summed E-state index contributed by atoms with van der Waals surface area (Å²) in [5.41, 5.74) is 0.411. The van der Waals surface area contributed by atoms with Crippen molar-refractivity contribution in [1.29, 1.82) is 0 Å². The summed E-state index contributed by atoms with van der Waals surface area (Å²) in [6, 6.07) is 8.63. The summed E-state index contributed by atoms with van der Waals surface area (Å²) >= 11 is 0. The number of benzene rings is 1. The van der Waals surface area contributed by atoms with Gasteiger partial charge in [-0.25, -0.2) is 9.59 Å². The summed E-state index contributed by atoms with van der Waals surface area (Å²) in [5, 5.41) is 0. The summed E-state index contributed by atoms with van der Waals surface area (Å²) in [4.78, 5) is 24.1. The third-order valence-corrected chi connectivity index (χ3v) is 3.83. The summed E-state index contributed by atoms with van der Waals surface area (Å²) in [7, 11) is 0. The fourth-order valence-corrected chi connectivity index (χ4v) is 2.44. The van der Waals surface area contributed by atoms with Crippen molar-refractivity contribution in [1.82, 2.24) is 0 Å². The van der Waals surface area contributed by atoms with Gasteiger partial charge in [-0.05, 0) is 38.0 Å². The number of rotatable bonds is 12. The summed E-state index contributed by atoms with van der Waals surface area (Å²) in [6.07, 6.45) is 10.7. The van der Waals surface area contributed by atoms with Crippen LogP contribution in [0.1, 0.15) is 75.6 Å². The summed E-state index contributed by atoms with van der Waals surface area (Å²) in [6.45, 7) is 4.18. The molecular weight excluding hydrogens is 316 g/mol. The van der Waals surface area contributed by atoms with Crippen molar-refractivity contribution >= 4 is 11.9 Å². The largest absolute Gasteiger partial charge is 0.460 e. The van der Waals surface area contributed by atoms with Crippen molar-refractivity contribution in [2.45, 2.75) is 65.2 Å². The molecule has 0 N–H and O–H groups in total.